The SMILES string of the molecule is COc1cccc(C2CCCCN2C(=O)CCCc2cn[nH]c2)c1. The maximum absolute atomic E-state index is 12.7. The lowest BCUT2D eigenvalue weighted by molar-refractivity contribution is -0.135. The Morgan fingerprint density at radius 3 is 3.12 bits per heavy atom. The Labute approximate surface area is 143 Å². The van der Waals surface area contributed by atoms with Gasteiger partial charge in [0, 0.05) is 19.2 Å². The Bertz CT molecular complexity index is 654. The lowest BCUT2D eigenvalue weighted by atomic mass is 9.94. The Hall–Kier alpha value is -2.30. The van der Waals surface area contributed by atoms with E-state index in [1.165, 1.54) is 12.0 Å². The summed E-state index contributed by atoms with van der Waals surface area (Å²) in [6.07, 6.45) is 9.34. The van der Waals surface area contributed by atoms with Crippen LogP contribution in [-0.4, -0.2) is 34.7 Å². The van der Waals surface area contributed by atoms with Crippen molar-refractivity contribution in [1.29, 1.82) is 0 Å². The summed E-state index contributed by atoms with van der Waals surface area (Å²) in [5, 5.41) is 6.76. The van der Waals surface area contributed by atoms with Crippen LogP contribution in [0.4, 0.5) is 0 Å². The van der Waals surface area contributed by atoms with Gasteiger partial charge in [0.25, 0.3) is 0 Å². The zero-order valence-corrected chi connectivity index (χ0v) is 14.2. The molecule has 1 aliphatic heterocycles. The number of methoxy groups -OCH3 is 1. The van der Waals surface area contributed by atoms with Crippen LogP contribution < -0.4 is 4.74 Å². The second-order valence-corrected chi connectivity index (χ2v) is 6.34. The molecule has 1 saturated heterocycles. The number of aromatic nitrogens is 2. The predicted molar refractivity (Wildman–Crippen MR) is 92.8 cm³/mol. The first-order valence-corrected chi connectivity index (χ1v) is 8.69. The van der Waals surface area contributed by atoms with E-state index in [1.807, 2.05) is 24.5 Å². The number of H-pyrrole nitrogens is 1. The van der Waals surface area contributed by atoms with Crippen molar-refractivity contribution in [2.45, 2.75) is 44.6 Å². The number of benzene rings is 1. The van der Waals surface area contributed by atoms with E-state index in [0.717, 1.165) is 43.5 Å². The second-order valence-electron chi connectivity index (χ2n) is 6.34. The van der Waals surface area contributed by atoms with Crippen LogP contribution in [0.25, 0.3) is 0 Å². The Morgan fingerprint density at radius 2 is 2.33 bits per heavy atom. The van der Waals surface area contributed by atoms with Crippen molar-refractivity contribution >= 4 is 5.91 Å². The van der Waals surface area contributed by atoms with E-state index in [9.17, 15) is 4.79 Å². The average Bonchev–Trinajstić information content (AvgIpc) is 3.15. The van der Waals surface area contributed by atoms with Gasteiger partial charge in [-0.15, -0.1) is 0 Å². The molecule has 1 aromatic carbocycles. The van der Waals surface area contributed by atoms with E-state index in [0.29, 0.717) is 6.42 Å². The number of aryl methyl sites for hydroxylation is 1. The van der Waals surface area contributed by atoms with Gasteiger partial charge in [0.15, 0.2) is 0 Å². The number of carbonyl (C=O) groups is 1. The van der Waals surface area contributed by atoms with Gasteiger partial charge in [-0.25, -0.2) is 0 Å². The van der Waals surface area contributed by atoms with E-state index < -0.39 is 0 Å². The number of rotatable bonds is 6. The molecule has 5 heteroatoms. The Kier molecular flexibility index (Phi) is 5.51. The molecule has 1 unspecified atom stereocenters. The number of ether oxygens (including phenoxy) is 1. The number of nitrogens with one attached hydrogen (secondary N) is 1. The molecule has 1 fully saturated rings. The molecule has 0 bridgehead atoms. The first kappa shape index (κ1) is 16.6. The molecule has 0 aliphatic carbocycles. The fraction of sp³-hybridized carbons (Fsp3) is 0.474. The minimum absolute atomic E-state index is 0.176. The van der Waals surface area contributed by atoms with Crippen molar-refractivity contribution in [1.82, 2.24) is 15.1 Å². The molecule has 1 atom stereocenters. The van der Waals surface area contributed by atoms with E-state index in [4.69, 9.17) is 4.74 Å². The van der Waals surface area contributed by atoms with Gasteiger partial charge in [-0.1, -0.05) is 12.1 Å². The number of hydrogen-bond acceptors (Lipinski definition) is 3. The van der Waals surface area contributed by atoms with Crippen molar-refractivity contribution in [3.63, 3.8) is 0 Å². The number of nitrogens with zero attached hydrogens (tertiary/aromatic N) is 2. The summed E-state index contributed by atoms with van der Waals surface area (Å²) >= 11 is 0. The number of amides is 1. The maximum atomic E-state index is 12.7. The van der Waals surface area contributed by atoms with Gasteiger partial charge in [0.05, 0.1) is 19.3 Å². The molecule has 24 heavy (non-hydrogen) atoms. The lowest BCUT2D eigenvalue weighted by Crippen LogP contribution is -2.38. The standard InChI is InChI=1S/C19H25N3O2/c1-24-17-8-5-7-16(12-17)18-9-2-3-11-22(18)19(23)10-4-6-15-13-20-21-14-15/h5,7-8,12-14,18H,2-4,6,9-11H2,1H3,(H,20,21). The number of aromatic amines is 1. The topological polar surface area (TPSA) is 58.2 Å². The predicted octanol–water partition coefficient (Wildman–Crippen LogP) is 3.49. The van der Waals surface area contributed by atoms with Crippen molar-refractivity contribution in [2.75, 3.05) is 13.7 Å². The highest BCUT2D eigenvalue weighted by Crippen LogP contribution is 2.33. The molecule has 2 aromatic rings. The van der Waals surface area contributed by atoms with Crippen LogP contribution in [0.2, 0.25) is 0 Å². The van der Waals surface area contributed by atoms with Crippen molar-refractivity contribution in [3.8, 4) is 5.75 Å². The third kappa shape index (κ3) is 3.96. The normalized spacial score (nSPS) is 17.7. The summed E-state index contributed by atoms with van der Waals surface area (Å²) in [6.45, 7) is 0.854. The molecular formula is C19H25N3O2. The van der Waals surface area contributed by atoms with E-state index >= 15 is 0 Å². The zero-order valence-electron chi connectivity index (χ0n) is 14.2. The van der Waals surface area contributed by atoms with Crippen molar-refractivity contribution < 1.29 is 9.53 Å². The minimum atomic E-state index is 0.176. The van der Waals surface area contributed by atoms with Gasteiger partial charge < -0.3 is 9.64 Å². The average molecular weight is 327 g/mol. The maximum Gasteiger partial charge on any atom is 0.223 e. The van der Waals surface area contributed by atoms with Gasteiger partial charge >= 0.3 is 0 Å². The number of likely N-dealkylation sites (tertiary alicyclic amines) is 1. The zero-order chi connectivity index (χ0) is 16.8. The van der Waals surface area contributed by atoms with Crippen molar-refractivity contribution in [3.05, 3.63) is 47.8 Å². The highest BCUT2D eigenvalue weighted by atomic mass is 16.5. The fourth-order valence-corrected chi connectivity index (χ4v) is 3.43. The monoisotopic (exact) mass is 327 g/mol. The van der Waals surface area contributed by atoms with E-state index in [-0.39, 0.29) is 11.9 Å². The summed E-state index contributed by atoms with van der Waals surface area (Å²) in [7, 11) is 1.68. The van der Waals surface area contributed by atoms with Crippen molar-refractivity contribution in [2.24, 2.45) is 0 Å². The van der Waals surface area contributed by atoms with Crippen LogP contribution in [0, 0.1) is 0 Å². The molecule has 0 saturated carbocycles. The van der Waals surface area contributed by atoms with Crippen LogP contribution in [0.15, 0.2) is 36.7 Å². The quantitative estimate of drug-likeness (QED) is 0.883. The smallest absolute Gasteiger partial charge is 0.223 e. The third-order valence-electron chi connectivity index (χ3n) is 4.71. The molecule has 1 N–H and O–H groups in total. The molecule has 3 rings (SSSR count). The largest absolute Gasteiger partial charge is 0.497 e. The summed E-state index contributed by atoms with van der Waals surface area (Å²) in [5.41, 5.74) is 2.34. The molecule has 0 spiro atoms. The van der Waals surface area contributed by atoms with Crippen LogP contribution in [0.5, 0.6) is 5.75 Å². The number of hydrogen-bond donors (Lipinski definition) is 1. The van der Waals surface area contributed by atoms with Crippen LogP contribution in [0.1, 0.15) is 49.3 Å². The highest BCUT2D eigenvalue weighted by molar-refractivity contribution is 5.76. The van der Waals surface area contributed by atoms with E-state index in [2.05, 4.69) is 27.2 Å². The first-order valence-electron chi connectivity index (χ1n) is 8.69. The molecule has 1 aliphatic rings. The van der Waals surface area contributed by atoms with Crippen LogP contribution >= 0.6 is 0 Å². The number of carbonyl (C=O) groups excluding carboxylic acids is 1. The highest BCUT2D eigenvalue weighted by Gasteiger charge is 2.27. The van der Waals surface area contributed by atoms with Crippen LogP contribution in [-0.2, 0) is 11.2 Å². The molecular weight excluding hydrogens is 302 g/mol. The van der Waals surface area contributed by atoms with Gasteiger partial charge in [-0.05, 0) is 55.4 Å². The summed E-state index contributed by atoms with van der Waals surface area (Å²) in [6, 6.07) is 8.29. The first-order chi connectivity index (χ1) is 11.8. The van der Waals surface area contributed by atoms with E-state index in [1.54, 1.807) is 7.11 Å². The van der Waals surface area contributed by atoms with Gasteiger partial charge in [0.1, 0.15) is 5.75 Å². The number of piperidine rings is 1. The Balaban J connectivity index is 1.63. The minimum Gasteiger partial charge on any atom is -0.497 e. The second kappa shape index (κ2) is 7.99. The van der Waals surface area contributed by atoms with Gasteiger partial charge in [-0.2, -0.15) is 5.10 Å². The lowest BCUT2D eigenvalue weighted by Gasteiger charge is -2.36. The molecule has 1 aromatic heterocycles. The molecule has 1 amide bonds. The molecule has 2 heterocycles. The molecule has 0 radical (unpaired) electrons. The van der Waals surface area contributed by atoms with Gasteiger partial charge in [0.2, 0.25) is 5.91 Å². The summed E-state index contributed by atoms with van der Waals surface area (Å²) in [5.74, 6) is 1.11. The Morgan fingerprint density at radius 1 is 1.42 bits per heavy atom. The van der Waals surface area contributed by atoms with Crippen LogP contribution in [0.3, 0.4) is 0 Å². The summed E-state index contributed by atoms with van der Waals surface area (Å²) < 4.78 is 5.34. The molecule has 128 valence electrons. The molecule has 5 nitrogen and oxygen atoms in total. The third-order valence-corrected chi connectivity index (χ3v) is 4.71. The summed E-state index contributed by atoms with van der Waals surface area (Å²) in [4.78, 5) is 14.8. The fourth-order valence-electron chi connectivity index (χ4n) is 3.43. The van der Waals surface area contributed by atoms with Gasteiger partial charge in [-0.3, -0.25) is 9.89 Å².